The lowest BCUT2D eigenvalue weighted by atomic mass is 10.0. The molecule has 0 bridgehead atoms. The summed E-state index contributed by atoms with van der Waals surface area (Å²) in [4.78, 5) is 30.5. The second-order valence-electron chi connectivity index (χ2n) is 6.31. The van der Waals surface area contributed by atoms with Gasteiger partial charge in [-0.3, -0.25) is 4.79 Å². The van der Waals surface area contributed by atoms with E-state index < -0.39 is 5.97 Å². The van der Waals surface area contributed by atoms with Gasteiger partial charge in [-0.15, -0.1) is 0 Å². The van der Waals surface area contributed by atoms with Crippen molar-refractivity contribution in [2.45, 2.75) is 19.3 Å². The zero-order valence-electron chi connectivity index (χ0n) is 14.5. The maximum Gasteiger partial charge on any atom is 0.339 e. The minimum Gasteiger partial charge on any atom is -0.496 e. The normalized spacial score (nSPS) is 16.9. The summed E-state index contributed by atoms with van der Waals surface area (Å²) in [7, 11) is 3.36. The molecule has 2 heterocycles. The molecule has 1 aliphatic heterocycles. The third-order valence-electron chi connectivity index (χ3n) is 4.71. The Morgan fingerprint density at radius 3 is 2.68 bits per heavy atom. The van der Waals surface area contributed by atoms with E-state index in [1.165, 1.54) is 13.2 Å². The Bertz CT molecular complexity index is 828. The molecule has 132 valence electrons. The quantitative estimate of drug-likeness (QED) is 0.918. The Labute approximate surface area is 145 Å². The average molecular weight is 343 g/mol. The van der Waals surface area contributed by atoms with Crippen LogP contribution in [0.25, 0.3) is 0 Å². The summed E-state index contributed by atoms with van der Waals surface area (Å²) >= 11 is 0. The van der Waals surface area contributed by atoms with Gasteiger partial charge in [0.05, 0.1) is 7.11 Å². The third kappa shape index (κ3) is 3.09. The Hall–Kier alpha value is -2.83. The first-order chi connectivity index (χ1) is 11.9. The summed E-state index contributed by atoms with van der Waals surface area (Å²) in [5, 5.41) is 9.34. The predicted octanol–water partition coefficient (Wildman–Crippen LogP) is 2.07. The van der Waals surface area contributed by atoms with Crippen LogP contribution in [0.5, 0.6) is 5.75 Å². The summed E-state index contributed by atoms with van der Waals surface area (Å²) in [6.45, 7) is 3.00. The van der Waals surface area contributed by atoms with Crippen LogP contribution in [0.15, 0.2) is 24.5 Å². The van der Waals surface area contributed by atoms with Crippen molar-refractivity contribution >= 4 is 11.9 Å². The third-order valence-corrected chi connectivity index (χ3v) is 4.71. The Kier molecular flexibility index (Phi) is 4.48. The fourth-order valence-corrected chi connectivity index (χ4v) is 3.34. The number of imidazole rings is 1. The molecule has 0 radical (unpaired) electrons. The van der Waals surface area contributed by atoms with E-state index in [9.17, 15) is 14.7 Å². The molecular weight excluding hydrogens is 322 g/mol. The minimum atomic E-state index is -1.11. The highest BCUT2D eigenvalue weighted by atomic mass is 16.5. The predicted molar refractivity (Wildman–Crippen MR) is 91.2 cm³/mol. The van der Waals surface area contributed by atoms with Crippen molar-refractivity contribution in [3.63, 3.8) is 0 Å². The molecule has 1 atom stereocenters. The fourth-order valence-electron chi connectivity index (χ4n) is 3.34. The van der Waals surface area contributed by atoms with E-state index in [0.717, 1.165) is 12.2 Å². The number of hydrogen-bond acceptors (Lipinski definition) is 4. The molecule has 0 aliphatic carbocycles. The fraction of sp³-hybridized carbons (Fsp3) is 0.389. The molecule has 7 heteroatoms. The number of nitrogens with zero attached hydrogens (tertiary/aromatic N) is 3. The highest BCUT2D eigenvalue weighted by Crippen LogP contribution is 2.29. The standard InChI is InChI=1S/C18H21N3O4/c1-11-8-15(25-3)14(18(23)24)9-13(11)17(22)21-6-4-12(10-21)16-19-5-7-20(16)2/h5,7-9,12H,4,6,10H2,1-3H3,(H,23,24). The number of aryl methyl sites for hydroxylation is 2. The molecule has 1 N–H and O–H groups in total. The van der Waals surface area contributed by atoms with Gasteiger partial charge in [0.25, 0.3) is 5.91 Å². The van der Waals surface area contributed by atoms with Gasteiger partial charge in [-0.25, -0.2) is 9.78 Å². The number of ether oxygens (including phenoxy) is 1. The summed E-state index contributed by atoms with van der Waals surface area (Å²) in [6.07, 6.45) is 4.50. The van der Waals surface area contributed by atoms with Crippen molar-refractivity contribution in [2.24, 2.45) is 7.05 Å². The molecule has 0 spiro atoms. The van der Waals surface area contributed by atoms with E-state index >= 15 is 0 Å². The molecule has 1 saturated heterocycles. The van der Waals surface area contributed by atoms with Crippen molar-refractivity contribution in [1.29, 1.82) is 0 Å². The monoisotopic (exact) mass is 343 g/mol. The number of amides is 1. The van der Waals surface area contributed by atoms with Crippen molar-refractivity contribution in [3.05, 3.63) is 47.0 Å². The van der Waals surface area contributed by atoms with Crippen LogP contribution >= 0.6 is 0 Å². The van der Waals surface area contributed by atoms with Crippen LogP contribution in [0.2, 0.25) is 0 Å². The topological polar surface area (TPSA) is 84.7 Å². The first kappa shape index (κ1) is 17.0. The number of benzene rings is 1. The first-order valence-corrected chi connectivity index (χ1v) is 8.10. The average Bonchev–Trinajstić information content (AvgIpc) is 3.22. The van der Waals surface area contributed by atoms with E-state index in [4.69, 9.17) is 4.74 Å². The van der Waals surface area contributed by atoms with Crippen LogP contribution < -0.4 is 4.74 Å². The van der Waals surface area contributed by atoms with Crippen molar-refractivity contribution in [2.75, 3.05) is 20.2 Å². The van der Waals surface area contributed by atoms with E-state index in [1.54, 1.807) is 24.1 Å². The lowest BCUT2D eigenvalue weighted by molar-refractivity contribution is 0.0693. The number of carbonyl (C=O) groups is 2. The van der Waals surface area contributed by atoms with Crippen LogP contribution in [-0.4, -0.2) is 51.6 Å². The lowest BCUT2D eigenvalue weighted by Crippen LogP contribution is -2.29. The van der Waals surface area contributed by atoms with Crippen molar-refractivity contribution < 1.29 is 19.4 Å². The van der Waals surface area contributed by atoms with Gasteiger partial charge in [0, 0.05) is 44.0 Å². The SMILES string of the molecule is COc1cc(C)c(C(=O)N2CCC(c3nccn3C)C2)cc1C(=O)O. The molecule has 1 unspecified atom stereocenters. The second-order valence-corrected chi connectivity index (χ2v) is 6.31. The molecule has 1 aromatic heterocycles. The van der Waals surface area contributed by atoms with Crippen molar-refractivity contribution in [3.8, 4) is 5.75 Å². The van der Waals surface area contributed by atoms with Gasteiger partial charge in [-0.05, 0) is 31.0 Å². The van der Waals surface area contributed by atoms with E-state index in [-0.39, 0.29) is 23.1 Å². The van der Waals surface area contributed by atoms with E-state index in [2.05, 4.69) is 4.98 Å². The number of hydrogen-bond donors (Lipinski definition) is 1. The van der Waals surface area contributed by atoms with Gasteiger partial charge in [0.2, 0.25) is 0 Å². The van der Waals surface area contributed by atoms with Crippen LogP contribution in [0.3, 0.4) is 0 Å². The Morgan fingerprint density at radius 2 is 2.08 bits per heavy atom. The Balaban J connectivity index is 1.85. The molecule has 2 aromatic rings. The molecule has 3 rings (SSSR count). The minimum absolute atomic E-state index is 0.00343. The van der Waals surface area contributed by atoms with E-state index in [0.29, 0.717) is 24.2 Å². The summed E-state index contributed by atoms with van der Waals surface area (Å²) in [6, 6.07) is 3.01. The maximum absolute atomic E-state index is 12.9. The molecule has 1 amide bonds. The number of rotatable bonds is 4. The largest absolute Gasteiger partial charge is 0.496 e. The van der Waals surface area contributed by atoms with Gasteiger partial charge < -0.3 is 19.3 Å². The molecular formula is C18H21N3O4. The lowest BCUT2D eigenvalue weighted by Gasteiger charge is -2.19. The van der Waals surface area contributed by atoms with Crippen LogP contribution in [-0.2, 0) is 7.05 Å². The number of likely N-dealkylation sites (tertiary alicyclic amines) is 1. The zero-order chi connectivity index (χ0) is 18.1. The second kappa shape index (κ2) is 6.58. The number of carboxylic acids is 1. The Morgan fingerprint density at radius 1 is 1.32 bits per heavy atom. The molecule has 25 heavy (non-hydrogen) atoms. The molecule has 1 aromatic carbocycles. The van der Waals surface area contributed by atoms with Gasteiger partial charge in [-0.1, -0.05) is 0 Å². The summed E-state index contributed by atoms with van der Waals surface area (Å²) < 4.78 is 7.08. The number of aromatic nitrogens is 2. The number of methoxy groups -OCH3 is 1. The van der Waals surface area contributed by atoms with Crippen LogP contribution in [0.1, 0.15) is 44.4 Å². The molecule has 0 saturated carbocycles. The van der Waals surface area contributed by atoms with Gasteiger partial charge >= 0.3 is 5.97 Å². The van der Waals surface area contributed by atoms with Crippen LogP contribution in [0, 0.1) is 6.92 Å². The number of carbonyl (C=O) groups excluding carboxylic acids is 1. The smallest absolute Gasteiger partial charge is 0.339 e. The van der Waals surface area contributed by atoms with Crippen LogP contribution in [0.4, 0.5) is 0 Å². The first-order valence-electron chi connectivity index (χ1n) is 8.10. The highest BCUT2D eigenvalue weighted by molar-refractivity contribution is 6.00. The summed E-state index contributed by atoms with van der Waals surface area (Å²) in [5.74, 6) is 0.154. The molecule has 1 fully saturated rings. The summed E-state index contributed by atoms with van der Waals surface area (Å²) in [5.41, 5.74) is 1.10. The highest BCUT2D eigenvalue weighted by Gasteiger charge is 2.31. The van der Waals surface area contributed by atoms with Gasteiger partial charge in [0.1, 0.15) is 17.1 Å². The number of carboxylic acid groups (broad SMARTS) is 1. The molecule has 1 aliphatic rings. The van der Waals surface area contributed by atoms with E-state index in [1.807, 2.05) is 17.8 Å². The van der Waals surface area contributed by atoms with Gasteiger partial charge in [0.15, 0.2) is 0 Å². The van der Waals surface area contributed by atoms with Gasteiger partial charge in [-0.2, -0.15) is 0 Å². The maximum atomic E-state index is 12.9. The molecule has 7 nitrogen and oxygen atoms in total. The van der Waals surface area contributed by atoms with Crippen molar-refractivity contribution in [1.82, 2.24) is 14.5 Å². The number of aromatic carboxylic acids is 1. The zero-order valence-corrected chi connectivity index (χ0v) is 14.5.